The molecule has 0 spiro atoms. The Kier molecular flexibility index (Phi) is 21.4. The van der Waals surface area contributed by atoms with Gasteiger partial charge in [-0.25, -0.2) is 9.59 Å². The number of aryl methyl sites for hydroxylation is 1. The van der Waals surface area contributed by atoms with Crippen LogP contribution in [0.4, 0.5) is 0 Å². The Labute approximate surface area is 366 Å². The van der Waals surface area contributed by atoms with E-state index in [1.165, 1.54) is 76.3 Å². The van der Waals surface area contributed by atoms with Crippen LogP contribution in [0.1, 0.15) is 128 Å². The summed E-state index contributed by atoms with van der Waals surface area (Å²) in [5.74, 6) is -3.34. The predicted molar refractivity (Wildman–Crippen MR) is 233 cm³/mol. The van der Waals surface area contributed by atoms with E-state index in [-0.39, 0.29) is 36.7 Å². The molecule has 1 aliphatic rings. The lowest BCUT2D eigenvalue weighted by atomic mass is 9.76. The third-order valence-electron chi connectivity index (χ3n) is 10.8. The standard InChI is InChI=1S/C49H66O13/c1-9-13-14-15-35-16-18-37(19-17-35)38-20-22-41(36(10-2)24-38)39-21-23-42(40(25-39)28-58-47(54)33(5)6)59-29-49(32-62-48(55)34(7)8,30-60-45(52)26-43(50)56-11-3)31-61-46(53)27-44(51)57-12-4/h20-25,35,37H,5,7,9-19,26-32H2,1-4,6,8H3. The molecule has 2 aromatic rings. The molecule has 0 bridgehead atoms. The zero-order valence-corrected chi connectivity index (χ0v) is 37.6. The minimum atomic E-state index is -1.59. The van der Waals surface area contributed by atoms with Crippen molar-refractivity contribution in [2.24, 2.45) is 11.3 Å². The van der Waals surface area contributed by atoms with Crippen molar-refractivity contribution in [1.82, 2.24) is 0 Å². The van der Waals surface area contributed by atoms with Crippen LogP contribution in [0.15, 0.2) is 60.7 Å². The maximum Gasteiger partial charge on any atom is 0.333 e. The topological polar surface area (TPSA) is 167 Å². The van der Waals surface area contributed by atoms with E-state index >= 15 is 0 Å². The van der Waals surface area contributed by atoms with E-state index in [2.05, 4.69) is 45.2 Å². The number of benzene rings is 2. The number of carbonyl (C=O) groups is 6. The SMILES string of the molecule is C=C(C)C(=O)OCc1cc(-c2ccc(C3CCC(CCCCC)CC3)cc2CC)ccc1OCC(COC(=O)CC(=O)OCC)(COC(=O)CC(=O)OCC)COC(=O)C(=C)C. The lowest BCUT2D eigenvalue weighted by molar-refractivity contribution is -0.166. The molecule has 1 aliphatic carbocycles. The van der Waals surface area contributed by atoms with Crippen LogP contribution < -0.4 is 4.74 Å². The number of carbonyl (C=O) groups excluding carboxylic acids is 6. The molecule has 62 heavy (non-hydrogen) atoms. The number of esters is 6. The van der Waals surface area contributed by atoms with Crippen molar-refractivity contribution < 1.29 is 61.9 Å². The first kappa shape index (κ1) is 50.9. The number of unbranched alkanes of at least 4 members (excludes halogenated alkanes) is 2. The Morgan fingerprint density at radius 2 is 1.19 bits per heavy atom. The summed E-state index contributed by atoms with van der Waals surface area (Å²) in [7, 11) is 0. The Balaban J connectivity index is 1.99. The second kappa shape index (κ2) is 26.1. The zero-order chi connectivity index (χ0) is 45.7. The molecule has 1 saturated carbocycles. The molecule has 0 amide bonds. The first-order valence-electron chi connectivity index (χ1n) is 21.8. The fourth-order valence-corrected chi connectivity index (χ4v) is 7.23. The minimum Gasteiger partial charge on any atom is -0.492 e. The third-order valence-corrected chi connectivity index (χ3v) is 10.8. The molecule has 340 valence electrons. The summed E-state index contributed by atoms with van der Waals surface area (Å²) in [6.45, 7) is 15.7. The summed E-state index contributed by atoms with van der Waals surface area (Å²) < 4.78 is 38.2. The van der Waals surface area contributed by atoms with Crippen molar-refractivity contribution in [2.75, 3.05) is 39.6 Å². The Bertz CT molecular complexity index is 1830. The monoisotopic (exact) mass is 862 g/mol. The van der Waals surface area contributed by atoms with Gasteiger partial charge in [0.05, 0.1) is 13.2 Å². The molecular formula is C49H66O13. The van der Waals surface area contributed by atoms with E-state index < -0.39 is 80.5 Å². The number of rotatable bonds is 26. The van der Waals surface area contributed by atoms with Gasteiger partial charge in [-0.1, -0.05) is 77.0 Å². The largest absolute Gasteiger partial charge is 0.492 e. The van der Waals surface area contributed by atoms with Crippen molar-refractivity contribution >= 4 is 35.8 Å². The van der Waals surface area contributed by atoms with E-state index in [1.807, 2.05) is 12.1 Å². The summed E-state index contributed by atoms with van der Waals surface area (Å²) in [6, 6.07) is 12.2. The van der Waals surface area contributed by atoms with Crippen molar-refractivity contribution in [3.05, 3.63) is 77.4 Å². The average Bonchev–Trinajstić information content (AvgIpc) is 3.25. The van der Waals surface area contributed by atoms with E-state index in [0.717, 1.165) is 23.5 Å². The van der Waals surface area contributed by atoms with Crippen LogP contribution in [0.2, 0.25) is 0 Å². The van der Waals surface area contributed by atoms with Gasteiger partial charge in [0.1, 0.15) is 57.0 Å². The molecule has 1 fully saturated rings. The fraction of sp³-hybridized carbons (Fsp3) is 0.551. The highest BCUT2D eigenvalue weighted by molar-refractivity contribution is 5.92. The second-order valence-electron chi connectivity index (χ2n) is 16.1. The van der Waals surface area contributed by atoms with Crippen molar-refractivity contribution in [1.29, 1.82) is 0 Å². The molecule has 0 unspecified atom stereocenters. The first-order valence-corrected chi connectivity index (χ1v) is 21.8. The van der Waals surface area contributed by atoms with E-state index in [0.29, 0.717) is 11.5 Å². The number of hydrogen-bond acceptors (Lipinski definition) is 13. The summed E-state index contributed by atoms with van der Waals surface area (Å²) >= 11 is 0. The summed E-state index contributed by atoms with van der Waals surface area (Å²) in [5.41, 5.74) is 3.58. The molecule has 0 aliphatic heterocycles. The first-order chi connectivity index (χ1) is 29.6. The number of ether oxygens (including phenoxy) is 7. The van der Waals surface area contributed by atoms with E-state index in [9.17, 15) is 28.8 Å². The van der Waals surface area contributed by atoms with Crippen LogP contribution in [0.3, 0.4) is 0 Å². The van der Waals surface area contributed by atoms with Gasteiger partial charge >= 0.3 is 35.8 Å². The van der Waals surface area contributed by atoms with Gasteiger partial charge in [-0.2, -0.15) is 0 Å². The van der Waals surface area contributed by atoms with Crippen LogP contribution >= 0.6 is 0 Å². The maximum absolute atomic E-state index is 12.8. The van der Waals surface area contributed by atoms with Crippen LogP contribution in [-0.2, 0) is 70.2 Å². The van der Waals surface area contributed by atoms with Crippen LogP contribution in [0.25, 0.3) is 11.1 Å². The number of hydrogen-bond donors (Lipinski definition) is 0. The highest BCUT2D eigenvalue weighted by atomic mass is 16.6. The molecule has 13 heteroatoms. The highest BCUT2D eigenvalue weighted by Crippen LogP contribution is 2.40. The van der Waals surface area contributed by atoms with Gasteiger partial charge in [0.25, 0.3) is 0 Å². The normalized spacial score (nSPS) is 14.8. The van der Waals surface area contributed by atoms with E-state index in [1.54, 1.807) is 19.9 Å². The molecule has 0 N–H and O–H groups in total. The maximum atomic E-state index is 12.8. The predicted octanol–water partition coefficient (Wildman–Crippen LogP) is 8.87. The highest BCUT2D eigenvalue weighted by Gasteiger charge is 2.38. The molecule has 3 rings (SSSR count). The smallest absolute Gasteiger partial charge is 0.333 e. The fourth-order valence-electron chi connectivity index (χ4n) is 7.23. The molecule has 0 saturated heterocycles. The van der Waals surface area contributed by atoms with Crippen molar-refractivity contribution in [3.8, 4) is 16.9 Å². The van der Waals surface area contributed by atoms with Gasteiger partial charge in [0.15, 0.2) is 0 Å². The van der Waals surface area contributed by atoms with Crippen LogP contribution in [0, 0.1) is 11.3 Å². The third kappa shape index (κ3) is 16.8. The molecule has 13 nitrogen and oxygen atoms in total. The van der Waals surface area contributed by atoms with E-state index in [4.69, 9.17) is 33.2 Å². The summed E-state index contributed by atoms with van der Waals surface area (Å²) in [6.07, 6.45) is 9.45. The van der Waals surface area contributed by atoms with Crippen molar-refractivity contribution in [3.63, 3.8) is 0 Å². The van der Waals surface area contributed by atoms with Gasteiger partial charge in [0.2, 0.25) is 0 Å². The molecule has 0 aromatic heterocycles. The zero-order valence-electron chi connectivity index (χ0n) is 37.6. The molecule has 0 heterocycles. The Morgan fingerprint density at radius 1 is 0.629 bits per heavy atom. The Hall–Kier alpha value is -5.46. The van der Waals surface area contributed by atoms with Gasteiger partial charge < -0.3 is 33.2 Å². The van der Waals surface area contributed by atoms with Gasteiger partial charge in [-0.15, -0.1) is 0 Å². The summed E-state index contributed by atoms with van der Waals surface area (Å²) in [5, 5.41) is 0. The second-order valence-corrected chi connectivity index (χ2v) is 16.1. The van der Waals surface area contributed by atoms with Crippen LogP contribution in [-0.4, -0.2) is 75.5 Å². The van der Waals surface area contributed by atoms with Gasteiger partial charge in [-0.05, 0) is 106 Å². The molecule has 0 radical (unpaired) electrons. The Morgan fingerprint density at radius 3 is 1.74 bits per heavy atom. The summed E-state index contributed by atoms with van der Waals surface area (Å²) in [4.78, 5) is 75.0. The van der Waals surface area contributed by atoms with Crippen LogP contribution in [0.5, 0.6) is 5.75 Å². The van der Waals surface area contributed by atoms with Gasteiger partial charge in [0, 0.05) is 16.7 Å². The molecule has 0 atom stereocenters. The lowest BCUT2D eigenvalue weighted by Gasteiger charge is -2.32. The molecular weight excluding hydrogens is 797 g/mol. The lowest BCUT2D eigenvalue weighted by Crippen LogP contribution is -2.44. The van der Waals surface area contributed by atoms with Gasteiger partial charge in [-0.3, -0.25) is 19.2 Å². The average molecular weight is 863 g/mol. The molecule has 2 aromatic carbocycles. The minimum absolute atomic E-state index is 0.0468. The van der Waals surface area contributed by atoms with Crippen molar-refractivity contribution in [2.45, 2.75) is 125 Å². The quantitative estimate of drug-likeness (QED) is 0.0290.